The van der Waals surface area contributed by atoms with E-state index in [0.717, 1.165) is 31.8 Å². The number of nitrogens with one attached hydrogen (secondary N) is 5. The lowest BCUT2D eigenvalue weighted by molar-refractivity contribution is -0.372. The zero-order valence-corrected chi connectivity index (χ0v) is 53.2. The van der Waals surface area contributed by atoms with Crippen molar-refractivity contribution in [3.8, 4) is 0 Å². The van der Waals surface area contributed by atoms with Gasteiger partial charge in [0.15, 0.2) is 18.7 Å². The molecule has 19 atom stereocenters. The highest BCUT2D eigenvalue weighted by atomic mass is 16.8. The summed E-state index contributed by atoms with van der Waals surface area (Å²) in [5.41, 5.74) is 29.8. The number of aliphatic imine (C=N–C) groups is 2. The van der Waals surface area contributed by atoms with Crippen molar-refractivity contribution in [1.82, 2.24) is 41.2 Å². The molecule has 2 saturated heterocycles. The number of unbranched alkanes of at least 4 members (excludes halogenated alkanes) is 2. The largest absolute Gasteiger partial charge is 0.441 e. The number of rotatable bonds is 36. The number of aliphatic hydroxyl groups is 8. The molecule has 6 heterocycles. The first kappa shape index (κ1) is 78.8. The number of imidazole rings is 1. The number of nitrogens with zero attached hydrogens (tertiary/aromatic N) is 5. The minimum Gasteiger partial charge on any atom is -0.441 e. The Morgan fingerprint density at radius 3 is 2.10 bits per heavy atom. The standard InChI is InChI=1S/C59H89N15O21.CH4/c1-6-7-8-16-66-54(87)34-14-13-33(71-34)32-12-10-29(70-32)15-17-67-53(86)30(27(5)77)19-36(78)24(2)42(80)26(4)69-56(89)41(73-55(88)40-25(3)50(62)74-52(72-40)28(18-39(61)79)9-11-31(60)51(63)85)47(35-20-65-23-68-35)93-58-49(45(83)43(81)37(21-75)92-58)94-57-46(84)48(95-59(64)90)44(82)38(22-76)91-57;/h12,14,20,23-24,26-28,30-31,37-38,41-49,57-58,75-77,80-84H,6-11,13,15-19,21-22,60H2,1-5H3,(H2,61,79)(H2,63,85)(H2,64,90)(H,65,68)(H,66,87)(H,67,86)(H,69,89)(H,73,88)(H2,62,72,74);1H4/t24-,26-,27-,28+,30+,31+,37?,38?,41+,42+,43?,44?,45?,46?,47+,48?,49?,57?,58?;/m1./s1. The van der Waals surface area contributed by atoms with Crippen molar-refractivity contribution in [1.29, 1.82) is 0 Å². The first-order valence-electron chi connectivity index (χ1n) is 31.1. The highest BCUT2D eigenvalue weighted by Crippen LogP contribution is 2.35. The quantitative estimate of drug-likeness (QED) is 0.0286. The molecule has 23 N–H and O–H groups in total. The molecule has 7 amide bonds. The highest BCUT2D eigenvalue weighted by molar-refractivity contribution is 6.11. The Kier molecular flexibility index (Phi) is 30.0. The zero-order valence-electron chi connectivity index (χ0n) is 53.2. The van der Waals surface area contributed by atoms with Gasteiger partial charge in [-0.05, 0) is 46.1 Å². The smallest absolute Gasteiger partial charge is 0.404 e. The van der Waals surface area contributed by atoms with Crippen molar-refractivity contribution in [2.75, 3.05) is 32.0 Å². The van der Waals surface area contributed by atoms with Crippen LogP contribution >= 0.6 is 0 Å². The Morgan fingerprint density at radius 1 is 0.792 bits per heavy atom. The van der Waals surface area contributed by atoms with E-state index < -0.39 is 189 Å². The van der Waals surface area contributed by atoms with Crippen molar-refractivity contribution >= 4 is 64.6 Å². The van der Waals surface area contributed by atoms with Gasteiger partial charge in [0, 0.05) is 68.3 Å². The summed E-state index contributed by atoms with van der Waals surface area (Å²) < 4.78 is 28.8. The van der Waals surface area contributed by atoms with Crippen LogP contribution in [0.2, 0.25) is 0 Å². The summed E-state index contributed by atoms with van der Waals surface area (Å²) in [5, 5.41) is 98.8. The molecule has 4 aliphatic heterocycles. The molecular formula is C60H93N15O21. The first-order valence-corrected chi connectivity index (χ1v) is 31.1. The van der Waals surface area contributed by atoms with E-state index >= 15 is 4.79 Å². The molecule has 0 spiro atoms. The number of Topliss-reactive ketones (excluding diaryl/α,β-unsaturated/α-hetero) is 1. The maximum absolute atomic E-state index is 15.2. The number of aromatic nitrogens is 4. The second-order valence-electron chi connectivity index (χ2n) is 23.7. The number of carbonyl (C=O) groups excluding carboxylic acids is 8. The van der Waals surface area contributed by atoms with Crippen LogP contribution in [-0.2, 0) is 52.5 Å². The molecule has 2 fully saturated rings. The van der Waals surface area contributed by atoms with Gasteiger partial charge in [0.1, 0.15) is 83.7 Å². The number of hydrogen-bond donors (Lipinski definition) is 18. The predicted octanol–water partition coefficient (Wildman–Crippen LogP) is -4.41. The van der Waals surface area contributed by atoms with Gasteiger partial charge in [0.25, 0.3) is 11.8 Å². The van der Waals surface area contributed by atoms with Crippen molar-refractivity contribution in [3.05, 3.63) is 58.8 Å². The Hall–Kier alpha value is -7.85. The van der Waals surface area contributed by atoms with Gasteiger partial charge in [-0.3, -0.25) is 38.6 Å². The Bertz CT molecular complexity index is 3150. The van der Waals surface area contributed by atoms with E-state index in [2.05, 4.69) is 58.1 Å². The fourth-order valence-corrected chi connectivity index (χ4v) is 10.9. The third kappa shape index (κ3) is 20.6. The molecule has 2 aromatic rings. The minimum atomic E-state index is -2.18. The molecule has 0 aromatic carbocycles. The second-order valence-corrected chi connectivity index (χ2v) is 23.7. The van der Waals surface area contributed by atoms with E-state index in [1.54, 1.807) is 6.08 Å². The number of nitrogens with two attached hydrogens (primary N) is 5. The van der Waals surface area contributed by atoms with Crippen LogP contribution in [0.3, 0.4) is 0 Å². The number of amides is 7. The average Bonchev–Trinajstić information content (AvgIpc) is 0.893. The molecule has 6 rings (SSSR count). The molecule has 4 aliphatic rings. The van der Waals surface area contributed by atoms with Gasteiger partial charge in [-0.15, -0.1) is 0 Å². The maximum atomic E-state index is 15.2. The Morgan fingerprint density at radius 2 is 1.48 bits per heavy atom. The average molecular weight is 1360 g/mol. The summed E-state index contributed by atoms with van der Waals surface area (Å²) in [5.74, 6) is -10.1. The van der Waals surface area contributed by atoms with E-state index in [-0.39, 0.29) is 55.6 Å². The molecule has 10 unspecified atom stereocenters. The Balaban J connectivity index is 0.0000167. The van der Waals surface area contributed by atoms with E-state index in [9.17, 15) is 74.4 Å². The molecule has 96 heavy (non-hydrogen) atoms. The molecule has 0 saturated carbocycles. The molecule has 0 bridgehead atoms. The van der Waals surface area contributed by atoms with Crippen molar-refractivity contribution in [3.63, 3.8) is 0 Å². The molecule has 0 aliphatic carbocycles. The van der Waals surface area contributed by atoms with Crippen LogP contribution in [0.15, 0.2) is 46.1 Å². The lowest BCUT2D eigenvalue weighted by Crippen LogP contribution is -2.65. The number of primary amides is 3. The van der Waals surface area contributed by atoms with Crippen LogP contribution in [0, 0.1) is 18.8 Å². The lowest BCUT2D eigenvalue weighted by Gasteiger charge is -2.47. The first-order chi connectivity index (χ1) is 45.0. The summed E-state index contributed by atoms with van der Waals surface area (Å²) in [6.07, 6.45) is -17.9. The van der Waals surface area contributed by atoms with E-state index in [1.165, 1.54) is 27.7 Å². The van der Waals surface area contributed by atoms with Crippen molar-refractivity contribution in [2.24, 2.45) is 44.8 Å². The normalized spacial score (nSPS) is 25.3. The maximum Gasteiger partial charge on any atom is 0.404 e. The van der Waals surface area contributed by atoms with Crippen LogP contribution in [0.4, 0.5) is 10.6 Å². The number of nitrogen functional groups attached to an aromatic ring is 1. The van der Waals surface area contributed by atoms with Crippen LogP contribution in [0.25, 0.3) is 0 Å². The van der Waals surface area contributed by atoms with E-state index in [1.807, 2.05) is 6.08 Å². The molecule has 0 radical (unpaired) electrons. The molecular weight excluding hydrogens is 1270 g/mol. The van der Waals surface area contributed by atoms with Gasteiger partial charge >= 0.3 is 6.09 Å². The van der Waals surface area contributed by atoms with Gasteiger partial charge in [-0.25, -0.2) is 24.7 Å². The second kappa shape index (κ2) is 36.5. The van der Waals surface area contributed by atoms with Crippen LogP contribution in [-0.4, -0.2) is 238 Å². The van der Waals surface area contributed by atoms with Gasteiger partial charge in [0.2, 0.25) is 23.6 Å². The summed E-state index contributed by atoms with van der Waals surface area (Å²) in [6.45, 7) is 5.92. The van der Waals surface area contributed by atoms with E-state index in [0.29, 0.717) is 48.6 Å². The monoisotopic (exact) mass is 1360 g/mol. The minimum absolute atomic E-state index is 0. The zero-order chi connectivity index (χ0) is 70.1. The lowest BCUT2D eigenvalue weighted by atomic mass is 9.87. The molecule has 2 aromatic heterocycles. The summed E-state index contributed by atoms with van der Waals surface area (Å²) in [7, 11) is 0. The number of carbonyl (C=O) groups is 8. The van der Waals surface area contributed by atoms with Gasteiger partial charge in [-0.2, -0.15) is 0 Å². The fourth-order valence-electron chi connectivity index (χ4n) is 10.9. The molecule has 36 heteroatoms. The highest BCUT2D eigenvalue weighted by Gasteiger charge is 2.54. The van der Waals surface area contributed by atoms with Crippen molar-refractivity contribution in [2.45, 2.75) is 210 Å². The van der Waals surface area contributed by atoms with Gasteiger partial charge in [-0.1, -0.05) is 40.2 Å². The summed E-state index contributed by atoms with van der Waals surface area (Å²) in [6, 6.07) is -4.78. The number of hydrogen-bond acceptors (Lipinski definition) is 28. The van der Waals surface area contributed by atoms with Crippen molar-refractivity contribution < 1.29 is 103 Å². The number of aliphatic hydroxyl groups excluding tert-OH is 8. The SMILES string of the molecule is C.CCCCCNC(=O)C1=CCC(C2=CCC(CCNC(=O)[C@@H](CC(=O)[C@@H](C)[C@H](O)[C@@H](C)NC(=O)[C@@H](NC(=O)c3nc([C@@H](CC[C@H](N)C(N)=O)CC(N)=O)nc(N)c3C)[C@@H](OC3OC(CO)C(O)C(O)C3OC3OC(CO)C(O)C(OC(N)=O)C3O)c3cnc[nH]3)[C@@H](C)O)=N2)=N1. The van der Waals surface area contributed by atoms with Crippen LogP contribution in [0.5, 0.6) is 0 Å². The van der Waals surface area contributed by atoms with E-state index in [4.69, 9.17) is 52.4 Å². The van der Waals surface area contributed by atoms with Gasteiger partial charge < -0.3 is 119 Å². The summed E-state index contributed by atoms with van der Waals surface area (Å²) >= 11 is 0. The Labute approximate surface area is 552 Å². The number of aromatic amines is 1. The third-order valence-electron chi connectivity index (χ3n) is 16.7. The third-order valence-corrected chi connectivity index (χ3v) is 16.7. The number of allylic oxidation sites excluding steroid dienone is 3. The predicted molar refractivity (Wildman–Crippen MR) is 337 cm³/mol. The molecule has 534 valence electrons. The van der Waals surface area contributed by atoms with Crippen LogP contribution < -0.4 is 49.9 Å². The number of ketones is 1. The fraction of sp³-hybridized carbons (Fsp3) is 0.650. The number of ether oxygens (including phenoxy) is 5. The number of anilines is 1. The van der Waals surface area contributed by atoms with Crippen LogP contribution in [0.1, 0.15) is 139 Å². The van der Waals surface area contributed by atoms with Gasteiger partial charge in [0.05, 0.1) is 73.1 Å². The number of H-pyrrole nitrogens is 1. The summed E-state index contributed by atoms with van der Waals surface area (Å²) in [4.78, 5) is 131. The topological polar surface area (TPSA) is 602 Å². The molecule has 36 nitrogen and oxygen atoms in total.